The van der Waals surface area contributed by atoms with Gasteiger partial charge < -0.3 is 24.7 Å². The van der Waals surface area contributed by atoms with Gasteiger partial charge in [0.2, 0.25) is 5.90 Å². The van der Waals surface area contributed by atoms with E-state index in [0.717, 1.165) is 0 Å². The molecule has 2 aromatic carbocycles. The second kappa shape index (κ2) is 8.26. The molecule has 3 rings (SSSR count). The molecule has 0 saturated heterocycles. The summed E-state index contributed by atoms with van der Waals surface area (Å²) >= 11 is 0. The molecule has 0 aromatic heterocycles. The smallest absolute Gasteiger partial charge is 0.363 e. The molecule has 1 heterocycles. The van der Waals surface area contributed by atoms with Crippen molar-refractivity contribution in [2.75, 3.05) is 20.8 Å². The number of carbonyl (C=O) groups excluding carboxylic acids is 2. The molecule has 1 amide bonds. The molecule has 2 N–H and O–H groups in total. The molecule has 0 unspecified atom stereocenters. The van der Waals surface area contributed by atoms with Gasteiger partial charge in [0.1, 0.15) is 5.75 Å². The van der Waals surface area contributed by atoms with Crippen LogP contribution in [0, 0.1) is 0 Å². The largest absolute Gasteiger partial charge is 0.496 e. The van der Waals surface area contributed by atoms with Crippen molar-refractivity contribution in [3.05, 3.63) is 59.3 Å². The first-order valence-corrected chi connectivity index (χ1v) is 8.27. The monoisotopic (exact) mass is 382 g/mol. The summed E-state index contributed by atoms with van der Waals surface area (Å²) in [4.78, 5) is 27.4. The van der Waals surface area contributed by atoms with E-state index < -0.39 is 11.9 Å². The van der Waals surface area contributed by atoms with Crippen molar-refractivity contribution in [3.8, 4) is 17.2 Å². The Labute approximate surface area is 161 Å². The number of primary amides is 1. The molecule has 1 aliphatic heterocycles. The fraction of sp³-hybridized carbons (Fsp3) is 0.150. The van der Waals surface area contributed by atoms with Crippen molar-refractivity contribution >= 4 is 23.9 Å². The lowest BCUT2D eigenvalue weighted by atomic mass is 10.1. The number of aliphatic imine (C=N–C) groups is 1. The fourth-order valence-electron chi connectivity index (χ4n) is 2.55. The third-order valence-corrected chi connectivity index (χ3v) is 3.82. The van der Waals surface area contributed by atoms with Gasteiger partial charge in [-0.05, 0) is 35.9 Å². The Hall–Kier alpha value is -3.81. The normalized spacial score (nSPS) is 14.4. The van der Waals surface area contributed by atoms with E-state index in [-0.39, 0.29) is 18.2 Å². The van der Waals surface area contributed by atoms with Crippen LogP contribution in [0.5, 0.6) is 17.2 Å². The predicted octanol–water partition coefficient (Wildman–Crippen LogP) is 1.91. The van der Waals surface area contributed by atoms with Gasteiger partial charge in [-0.1, -0.05) is 18.2 Å². The molecule has 0 atom stereocenters. The number of hydrogen-bond donors (Lipinski definition) is 1. The molecule has 0 spiro atoms. The van der Waals surface area contributed by atoms with E-state index in [1.165, 1.54) is 14.2 Å². The molecule has 0 fully saturated rings. The van der Waals surface area contributed by atoms with Gasteiger partial charge in [-0.3, -0.25) is 4.79 Å². The lowest BCUT2D eigenvalue weighted by Crippen LogP contribution is -2.20. The first-order valence-electron chi connectivity index (χ1n) is 8.27. The van der Waals surface area contributed by atoms with Crippen molar-refractivity contribution in [3.63, 3.8) is 0 Å². The fourth-order valence-corrected chi connectivity index (χ4v) is 2.55. The number of methoxy groups -OCH3 is 2. The van der Waals surface area contributed by atoms with Gasteiger partial charge in [0.05, 0.1) is 19.8 Å². The number of benzene rings is 2. The number of para-hydroxylation sites is 1. The van der Waals surface area contributed by atoms with E-state index >= 15 is 0 Å². The van der Waals surface area contributed by atoms with Crippen molar-refractivity contribution in [1.29, 1.82) is 0 Å². The van der Waals surface area contributed by atoms with Crippen LogP contribution in [0.15, 0.2) is 53.2 Å². The number of ether oxygens (including phenoxy) is 4. The first-order chi connectivity index (χ1) is 13.5. The summed E-state index contributed by atoms with van der Waals surface area (Å²) < 4.78 is 21.1. The Kier molecular flexibility index (Phi) is 5.59. The Morgan fingerprint density at radius 2 is 1.86 bits per heavy atom. The SMILES string of the molecule is COc1cc(C=C2N=C(c3ccccc3OC)OC2=O)ccc1OCC(N)=O. The van der Waals surface area contributed by atoms with Gasteiger partial charge in [-0.15, -0.1) is 0 Å². The maximum Gasteiger partial charge on any atom is 0.363 e. The summed E-state index contributed by atoms with van der Waals surface area (Å²) in [5.41, 5.74) is 6.43. The lowest BCUT2D eigenvalue weighted by Gasteiger charge is -2.09. The minimum absolute atomic E-state index is 0.133. The Bertz CT molecular complexity index is 980. The number of carbonyl (C=O) groups is 2. The molecule has 0 radical (unpaired) electrons. The first kappa shape index (κ1) is 19.0. The van der Waals surface area contributed by atoms with E-state index in [2.05, 4.69) is 4.99 Å². The van der Waals surface area contributed by atoms with Gasteiger partial charge in [-0.2, -0.15) is 0 Å². The topological polar surface area (TPSA) is 109 Å². The highest BCUT2D eigenvalue weighted by Crippen LogP contribution is 2.30. The molecule has 0 bridgehead atoms. The molecule has 2 aromatic rings. The van der Waals surface area contributed by atoms with Crippen LogP contribution in [0.1, 0.15) is 11.1 Å². The third-order valence-electron chi connectivity index (χ3n) is 3.82. The van der Waals surface area contributed by atoms with E-state index in [1.54, 1.807) is 42.5 Å². The van der Waals surface area contributed by atoms with Crippen LogP contribution in [-0.2, 0) is 14.3 Å². The summed E-state index contributed by atoms with van der Waals surface area (Å²) in [7, 11) is 2.99. The summed E-state index contributed by atoms with van der Waals surface area (Å²) in [6.07, 6.45) is 1.56. The van der Waals surface area contributed by atoms with Crippen LogP contribution in [0.4, 0.5) is 0 Å². The van der Waals surface area contributed by atoms with Crippen LogP contribution in [0.2, 0.25) is 0 Å². The molecule has 0 aliphatic carbocycles. The van der Waals surface area contributed by atoms with E-state index in [9.17, 15) is 9.59 Å². The number of rotatable bonds is 7. The maximum atomic E-state index is 12.2. The maximum absolute atomic E-state index is 12.2. The van der Waals surface area contributed by atoms with Gasteiger partial charge in [0, 0.05) is 0 Å². The predicted molar refractivity (Wildman–Crippen MR) is 101 cm³/mol. The van der Waals surface area contributed by atoms with E-state index in [1.807, 2.05) is 6.07 Å². The molecule has 144 valence electrons. The number of nitrogens with zero attached hydrogens (tertiary/aromatic N) is 1. The second-order valence-corrected chi connectivity index (χ2v) is 5.70. The highest BCUT2D eigenvalue weighted by Gasteiger charge is 2.26. The Balaban J connectivity index is 1.89. The second-order valence-electron chi connectivity index (χ2n) is 5.70. The van der Waals surface area contributed by atoms with Crippen LogP contribution in [0.3, 0.4) is 0 Å². The van der Waals surface area contributed by atoms with Gasteiger partial charge in [0.15, 0.2) is 23.8 Å². The average molecular weight is 382 g/mol. The van der Waals surface area contributed by atoms with Crippen LogP contribution >= 0.6 is 0 Å². The van der Waals surface area contributed by atoms with Crippen molar-refractivity contribution in [2.24, 2.45) is 10.7 Å². The van der Waals surface area contributed by atoms with Crippen LogP contribution in [0.25, 0.3) is 6.08 Å². The third kappa shape index (κ3) is 4.12. The standard InChI is InChI=1S/C20H18N2O6/c1-25-15-6-4-3-5-13(15)19-22-14(20(24)28-19)9-12-7-8-16(17(10-12)26-2)27-11-18(21)23/h3-10H,11H2,1-2H3,(H2,21,23). The number of esters is 1. The quantitative estimate of drug-likeness (QED) is 0.579. The highest BCUT2D eigenvalue weighted by molar-refractivity contribution is 6.13. The molecule has 8 nitrogen and oxygen atoms in total. The minimum Gasteiger partial charge on any atom is -0.496 e. The molecule has 1 aliphatic rings. The van der Waals surface area contributed by atoms with Crippen molar-refractivity contribution < 1.29 is 28.5 Å². The summed E-state index contributed by atoms with van der Waals surface area (Å²) in [6.45, 7) is -0.268. The van der Waals surface area contributed by atoms with Crippen LogP contribution in [-0.4, -0.2) is 38.6 Å². The van der Waals surface area contributed by atoms with Gasteiger partial charge >= 0.3 is 5.97 Å². The van der Waals surface area contributed by atoms with Gasteiger partial charge in [0.25, 0.3) is 5.91 Å². The molecule has 8 heteroatoms. The number of nitrogens with two attached hydrogens (primary N) is 1. The minimum atomic E-state index is -0.597. The average Bonchev–Trinajstić information content (AvgIpc) is 3.06. The highest BCUT2D eigenvalue weighted by atomic mass is 16.6. The zero-order valence-corrected chi connectivity index (χ0v) is 15.3. The summed E-state index contributed by atoms with van der Waals surface area (Å²) in [5.74, 6) is 0.288. The number of cyclic esters (lactones) is 1. The molecular weight excluding hydrogens is 364 g/mol. The summed E-state index contributed by atoms with van der Waals surface area (Å²) in [6, 6.07) is 12.1. The molecular formula is C20H18N2O6. The number of hydrogen-bond acceptors (Lipinski definition) is 7. The Morgan fingerprint density at radius 3 is 2.57 bits per heavy atom. The summed E-state index contributed by atoms with van der Waals surface area (Å²) in [5, 5.41) is 0. The zero-order chi connectivity index (χ0) is 20.1. The van der Waals surface area contributed by atoms with Crippen molar-refractivity contribution in [2.45, 2.75) is 0 Å². The van der Waals surface area contributed by atoms with Crippen LogP contribution < -0.4 is 19.9 Å². The zero-order valence-electron chi connectivity index (χ0n) is 15.3. The van der Waals surface area contributed by atoms with E-state index in [4.69, 9.17) is 24.7 Å². The number of amides is 1. The lowest BCUT2D eigenvalue weighted by molar-refractivity contribution is -0.130. The van der Waals surface area contributed by atoms with Crippen molar-refractivity contribution in [1.82, 2.24) is 0 Å². The Morgan fingerprint density at radius 1 is 1.11 bits per heavy atom. The van der Waals surface area contributed by atoms with Gasteiger partial charge in [-0.25, -0.2) is 9.79 Å². The molecule has 28 heavy (non-hydrogen) atoms. The van der Waals surface area contributed by atoms with E-state index in [0.29, 0.717) is 28.4 Å². The molecule has 0 saturated carbocycles.